The van der Waals surface area contributed by atoms with E-state index in [0.717, 1.165) is 19.6 Å². The monoisotopic (exact) mass is 234 g/mol. The van der Waals surface area contributed by atoms with E-state index in [9.17, 15) is 0 Å². The van der Waals surface area contributed by atoms with Crippen molar-refractivity contribution < 1.29 is 0 Å². The lowest BCUT2D eigenvalue weighted by molar-refractivity contribution is 0.271. The molecule has 0 aromatic heterocycles. The molecule has 0 saturated heterocycles. The highest BCUT2D eigenvalue weighted by molar-refractivity contribution is 5.30. The highest BCUT2D eigenvalue weighted by Crippen LogP contribution is 2.17. The Morgan fingerprint density at radius 3 is 2.00 bits per heavy atom. The molecule has 96 valence electrons. The summed E-state index contributed by atoms with van der Waals surface area (Å²) in [5.74, 6) is 0. The minimum Gasteiger partial charge on any atom is -0.312 e. The van der Waals surface area contributed by atoms with Gasteiger partial charge in [-0.2, -0.15) is 0 Å². The number of likely N-dealkylation sites (N-methyl/N-ethyl adjacent to an activating group) is 2. The fourth-order valence-corrected chi connectivity index (χ4v) is 2.31. The molecule has 0 aliphatic rings. The molecule has 1 aromatic rings. The summed E-state index contributed by atoms with van der Waals surface area (Å²) >= 11 is 0. The van der Waals surface area contributed by atoms with Gasteiger partial charge >= 0.3 is 0 Å². The second-order valence-corrected chi connectivity index (χ2v) is 4.75. The van der Waals surface area contributed by atoms with Crippen LogP contribution in [0.1, 0.15) is 36.6 Å². The first-order valence-corrected chi connectivity index (χ1v) is 6.58. The first-order chi connectivity index (χ1) is 8.10. The number of aryl methyl sites for hydroxylation is 2. The highest BCUT2D eigenvalue weighted by Gasteiger charge is 2.13. The quantitative estimate of drug-likeness (QED) is 0.814. The number of nitrogens with one attached hydrogen (secondary N) is 1. The lowest BCUT2D eigenvalue weighted by Gasteiger charge is -2.25. The summed E-state index contributed by atoms with van der Waals surface area (Å²) in [5.41, 5.74) is 4.09. The van der Waals surface area contributed by atoms with Crippen molar-refractivity contribution in [2.75, 3.05) is 26.7 Å². The predicted molar refractivity (Wildman–Crippen MR) is 75.5 cm³/mol. The zero-order valence-electron chi connectivity index (χ0n) is 11.9. The van der Waals surface area contributed by atoms with Gasteiger partial charge in [0.2, 0.25) is 0 Å². The Kier molecular flexibility index (Phi) is 5.66. The number of hydrogen-bond acceptors (Lipinski definition) is 2. The fraction of sp³-hybridized carbons (Fsp3) is 0.600. The number of benzene rings is 1. The Morgan fingerprint density at radius 2 is 1.59 bits per heavy atom. The molecular weight excluding hydrogens is 208 g/mol. The van der Waals surface area contributed by atoms with Gasteiger partial charge in [0.1, 0.15) is 0 Å². The molecule has 0 bridgehead atoms. The number of nitrogens with zero attached hydrogens (tertiary/aromatic N) is 1. The third-order valence-corrected chi connectivity index (χ3v) is 3.33. The molecule has 0 heterocycles. The zero-order chi connectivity index (χ0) is 12.8. The summed E-state index contributed by atoms with van der Waals surface area (Å²) in [7, 11) is 2.05. The van der Waals surface area contributed by atoms with Crippen molar-refractivity contribution in [2.24, 2.45) is 0 Å². The Bertz CT molecular complexity index is 323. The van der Waals surface area contributed by atoms with Gasteiger partial charge in [-0.25, -0.2) is 0 Å². The van der Waals surface area contributed by atoms with Gasteiger partial charge in [-0.05, 0) is 39.5 Å². The van der Waals surface area contributed by atoms with Crippen LogP contribution < -0.4 is 5.32 Å². The minimum atomic E-state index is 0.425. The zero-order valence-corrected chi connectivity index (χ0v) is 11.9. The van der Waals surface area contributed by atoms with E-state index in [1.165, 1.54) is 16.7 Å². The Morgan fingerprint density at radius 1 is 1.06 bits per heavy atom. The first kappa shape index (κ1) is 14.2. The normalized spacial score (nSPS) is 13.1. The lowest BCUT2D eigenvalue weighted by Crippen LogP contribution is -2.33. The molecule has 2 heteroatoms. The van der Waals surface area contributed by atoms with Gasteiger partial charge in [-0.1, -0.05) is 43.2 Å². The van der Waals surface area contributed by atoms with Crippen LogP contribution in [0.2, 0.25) is 0 Å². The Hall–Kier alpha value is -0.860. The van der Waals surface area contributed by atoms with E-state index in [1.807, 2.05) is 7.05 Å². The standard InChI is InChI=1S/C15H26N2/c1-6-17(7-2)11-15(16-5)14-9-12(3)8-13(4)10-14/h8-10,15-16H,6-7,11H2,1-5H3. The third kappa shape index (κ3) is 4.14. The molecule has 1 unspecified atom stereocenters. The van der Waals surface area contributed by atoms with Gasteiger partial charge in [-0.15, -0.1) is 0 Å². The van der Waals surface area contributed by atoms with Gasteiger partial charge in [0.25, 0.3) is 0 Å². The largest absolute Gasteiger partial charge is 0.312 e. The van der Waals surface area contributed by atoms with E-state index in [2.05, 4.69) is 56.1 Å². The average Bonchev–Trinajstić information content (AvgIpc) is 2.29. The van der Waals surface area contributed by atoms with Gasteiger partial charge in [0.05, 0.1) is 0 Å². The van der Waals surface area contributed by atoms with Crippen LogP contribution in [0, 0.1) is 13.8 Å². The van der Waals surface area contributed by atoms with Crippen LogP contribution >= 0.6 is 0 Å². The average molecular weight is 234 g/mol. The molecule has 0 saturated carbocycles. The molecule has 0 fully saturated rings. The summed E-state index contributed by atoms with van der Waals surface area (Å²) < 4.78 is 0. The molecule has 0 spiro atoms. The van der Waals surface area contributed by atoms with Crippen molar-refractivity contribution >= 4 is 0 Å². The van der Waals surface area contributed by atoms with Crippen LogP contribution in [0.25, 0.3) is 0 Å². The smallest absolute Gasteiger partial charge is 0.0447 e. The molecular formula is C15H26N2. The third-order valence-electron chi connectivity index (χ3n) is 3.33. The molecule has 17 heavy (non-hydrogen) atoms. The van der Waals surface area contributed by atoms with Gasteiger partial charge < -0.3 is 10.2 Å². The SMILES string of the molecule is CCN(CC)CC(NC)c1cc(C)cc(C)c1. The summed E-state index contributed by atoms with van der Waals surface area (Å²) in [6, 6.07) is 7.23. The molecule has 0 amide bonds. The second-order valence-electron chi connectivity index (χ2n) is 4.75. The molecule has 1 aromatic carbocycles. The fourth-order valence-electron chi connectivity index (χ4n) is 2.31. The van der Waals surface area contributed by atoms with E-state index in [1.54, 1.807) is 0 Å². The molecule has 2 nitrogen and oxygen atoms in total. The molecule has 1 N–H and O–H groups in total. The van der Waals surface area contributed by atoms with Gasteiger partial charge in [0, 0.05) is 12.6 Å². The van der Waals surface area contributed by atoms with Crippen molar-refractivity contribution in [2.45, 2.75) is 33.7 Å². The minimum absolute atomic E-state index is 0.425. The van der Waals surface area contributed by atoms with Crippen LogP contribution in [0.3, 0.4) is 0 Å². The molecule has 0 radical (unpaired) electrons. The van der Waals surface area contributed by atoms with Crippen LogP contribution in [0.4, 0.5) is 0 Å². The van der Waals surface area contributed by atoms with E-state index in [4.69, 9.17) is 0 Å². The summed E-state index contributed by atoms with van der Waals surface area (Å²) in [6.07, 6.45) is 0. The van der Waals surface area contributed by atoms with Crippen molar-refractivity contribution in [1.29, 1.82) is 0 Å². The van der Waals surface area contributed by atoms with Crippen molar-refractivity contribution in [3.05, 3.63) is 34.9 Å². The van der Waals surface area contributed by atoms with Gasteiger partial charge in [0.15, 0.2) is 0 Å². The van der Waals surface area contributed by atoms with Crippen LogP contribution in [0.15, 0.2) is 18.2 Å². The molecule has 1 rings (SSSR count). The van der Waals surface area contributed by atoms with Crippen molar-refractivity contribution in [3.8, 4) is 0 Å². The topological polar surface area (TPSA) is 15.3 Å². The summed E-state index contributed by atoms with van der Waals surface area (Å²) in [6.45, 7) is 12.1. The Balaban J connectivity index is 2.85. The second kappa shape index (κ2) is 6.77. The maximum atomic E-state index is 3.43. The predicted octanol–water partition coefficient (Wildman–Crippen LogP) is 2.91. The molecule has 0 aliphatic carbocycles. The first-order valence-electron chi connectivity index (χ1n) is 6.58. The number of rotatable bonds is 6. The van der Waals surface area contributed by atoms with E-state index < -0.39 is 0 Å². The lowest BCUT2D eigenvalue weighted by atomic mass is 10.0. The van der Waals surface area contributed by atoms with Crippen molar-refractivity contribution in [3.63, 3.8) is 0 Å². The summed E-state index contributed by atoms with van der Waals surface area (Å²) in [5, 5.41) is 3.43. The maximum absolute atomic E-state index is 3.43. The Labute approximate surface area is 106 Å². The van der Waals surface area contributed by atoms with E-state index in [-0.39, 0.29) is 0 Å². The molecule has 1 atom stereocenters. The van der Waals surface area contributed by atoms with Crippen molar-refractivity contribution in [1.82, 2.24) is 10.2 Å². The maximum Gasteiger partial charge on any atom is 0.0447 e. The van der Waals surface area contributed by atoms with Crippen LogP contribution in [-0.2, 0) is 0 Å². The van der Waals surface area contributed by atoms with Crippen LogP contribution in [0.5, 0.6) is 0 Å². The van der Waals surface area contributed by atoms with Crippen LogP contribution in [-0.4, -0.2) is 31.6 Å². The summed E-state index contributed by atoms with van der Waals surface area (Å²) in [4.78, 5) is 2.46. The highest BCUT2D eigenvalue weighted by atomic mass is 15.1. The van der Waals surface area contributed by atoms with Gasteiger partial charge in [-0.3, -0.25) is 0 Å². The van der Waals surface area contributed by atoms with E-state index >= 15 is 0 Å². The number of hydrogen-bond donors (Lipinski definition) is 1. The van der Waals surface area contributed by atoms with E-state index in [0.29, 0.717) is 6.04 Å². The molecule has 0 aliphatic heterocycles.